The fourth-order valence-electron chi connectivity index (χ4n) is 3.73. The highest BCUT2D eigenvalue weighted by molar-refractivity contribution is 6.33. The molecule has 1 aromatic carbocycles. The first kappa shape index (κ1) is 18.6. The van der Waals surface area contributed by atoms with Crippen molar-refractivity contribution in [2.75, 3.05) is 12.0 Å². The first-order valence-corrected chi connectivity index (χ1v) is 8.70. The molecule has 3 heterocycles. The third-order valence-electron chi connectivity index (χ3n) is 5.19. The van der Waals surface area contributed by atoms with Crippen LogP contribution in [0.1, 0.15) is 17.0 Å². The van der Waals surface area contributed by atoms with Gasteiger partial charge in [-0.15, -0.1) is 0 Å². The second-order valence-electron chi connectivity index (χ2n) is 6.77. The third kappa shape index (κ3) is 2.57. The van der Waals surface area contributed by atoms with Gasteiger partial charge in [-0.05, 0) is 19.9 Å². The Morgan fingerprint density at radius 1 is 1.24 bits per heavy atom. The molecular weight excluding hydrogens is 382 g/mol. The van der Waals surface area contributed by atoms with Gasteiger partial charge in [0.1, 0.15) is 23.1 Å². The van der Waals surface area contributed by atoms with E-state index in [1.54, 1.807) is 18.7 Å². The van der Waals surface area contributed by atoms with Gasteiger partial charge < -0.3 is 9.57 Å². The number of ether oxygens (including phenoxy) is 1. The molecule has 11 heteroatoms. The number of methoxy groups -OCH3 is 1. The van der Waals surface area contributed by atoms with Crippen molar-refractivity contribution in [3.63, 3.8) is 0 Å². The fraction of sp³-hybridized carbons (Fsp3) is 0.333. The minimum atomic E-state index is -1.14. The molecule has 1 aromatic heterocycles. The second-order valence-corrected chi connectivity index (χ2v) is 6.77. The first-order valence-electron chi connectivity index (χ1n) is 8.70. The molecule has 2 aliphatic rings. The average molecular weight is 399 g/mol. The molecule has 4 rings (SSSR count). The van der Waals surface area contributed by atoms with Crippen LogP contribution in [0.4, 0.5) is 11.4 Å². The van der Waals surface area contributed by atoms with E-state index in [9.17, 15) is 19.7 Å². The number of aromatic nitrogens is 2. The molecule has 2 unspecified atom stereocenters. The van der Waals surface area contributed by atoms with Crippen LogP contribution in [-0.2, 0) is 21.5 Å². The Bertz CT molecular complexity index is 1100. The van der Waals surface area contributed by atoms with Gasteiger partial charge in [0, 0.05) is 30.4 Å². The number of carbonyl (C=O) groups excluding carboxylic acids is 2. The topological polar surface area (TPSA) is 129 Å². The normalized spacial score (nSPS) is 20.6. The fourth-order valence-corrected chi connectivity index (χ4v) is 3.73. The number of benzene rings is 1. The largest absolute Gasteiger partial charge is 0.495 e. The van der Waals surface area contributed by atoms with E-state index in [4.69, 9.17) is 9.57 Å². The number of fused-ring (bicyclic) bond motifs is 1. The van der Waals surface area contributed by atoms with Gasteiger partial charge in [-0.2, -0.15) is 5.10 Å². The predicted molar refractivity (Wildman–Crippen MR) is 99.7 cm³/mol. The highest BCUT2D eigenvalue weighted by Crippen LogP contribution is 2.40. The summed E-state index contributed by atoms with van der Waals surface area (Å²) >= 11 is 0. The highest BCUT2D eigenvalue weighted by atomic mass is 16.7. The molecule has 11 nitrogen and oxygen atoms in total. The molecule has 150 valence electrons. The Labute approximate surface area is 164 Å². The Kier molecular flexibility index (Phi) is 4.10. The van der Waals surface area contributed by atoms with Crippen LogP contribution >= 0.6 is 0 Å². The summed E-state index contributed by atoms with van der Waals surface area (Å²) in [5.41, 5.74) is 2.12. The van der Waals surface area contributed by atoms with Gasteiger partial charge in [-0.3, -0.25) is 24.4 Å². The molecule has 1 fully saturated rings. The predicted octanol–water partition coefficient (Wildman–Crippen LogP) is 1.25. The summed E-state index contributed by atoms with van der Waals surface area (Å²) in [7, 11) is 3.11. The zero-order chi connectivity index (χ0) is 21.0. The molecule has 29 heavy (non-hydrogen) atoms. The number of nitrogens with zero attached hydrogens (tertiary/aromatic N) is 5. The number of imide groups is 1. The molecule has 2 aliphatic heterocycles. The van der Waals surface area contributed by atoms with Crippen LogP contribution in [0.2, 0.25) is 0 Å². The Hall–Kier alpha value is -3.76. The number of amides is 2. The molecular formula is C18H17N5O6. The molecule has 0 radical (unpaired) electrons. The van der Waals surface area contributed by atoms with Crippen molar-refractivity contribution in [2.24, 2.45) is 18.1 Å². The van der Waals surface area contributed by atoms with Crippen molar-refractivity contribution in [1.29, 1.82) is 0 Å². The average Bonchev–Trinajstić information content (AvgIpc) is 3.29. The van der Waals surface area contributed by atoms with Crippen LogP contribution in [0.5, 0.6) is 5.75 Å². The molecule has 0 bridgehead atoms. The zero-order valence-electron chi connectivity index (χ0n) is 16.1. The second kappa shape index (κ2) is 6.40. The van der Waals surface area contributed by atoms with Crippen molar-refractivity contribution in [2.45, 2.75) is 20.0 Å². The minimum Gasteiger partial charge on any atom is -0.495 e. The van der Waals surface area contributed by atoms with Crippen LogP contribution in [0.3, 0.4) is 0 Å². The van der Waals surface area contributed by atoms with Gasteiger partial charge in [0.25, 0.3) is 11.6 Å². The summed E-state index contributed by atoms with van der Waals surface area (Å²) in [5.74, 6) is -2.05. The number of hydrogen-bond acceptors (Lipinski definition) is 8. The lowest BCUT2D eigenvalue weighted by atomic mass is 9.93. The van der Waals surface area contributed by atoms with Crippen molar-refractivity contribution in [3.05, 3.63) is 45.3 Å². The summed E-state index contributed by atoms with van der Waals surface area (Å²) < 4.78 is 6.87. The lowest BCUT2D eigenvalue weighted by molar-refractivity contribution is -0.384. The number of nitro benzene ring substituents is 1. The van der Waals surface area contributed by atoms with E-state index in [0.29, 0.717) is 17.0 Å². The molecule has 1 saturated heterocycles. The summed E-state index contributed by atoms with van der Waals surface area (Å²) in [6.45, 7) is 3.61. The maximum atomic E-state index is 13.3. The lowest BCUT2D eigenvalue weighted by Gasteiger charge is -2.18. The molecule has 2 atom stereocenters. The van der Waals surface area contributed by atoms with Crippen molar-refractivity contribution in [3.8, 4) is 5.75 Å². The Morgan fingerprint density at radius 2 is 1.97 bits per heavy atom. The first-order chi connectivity index (χ1) is 13.8. The van der Waals surface area contributed by atoms with Crippen LogP contribution in [0.25, 0.3) is 0 Å². The minimum absolute atomic E-state index is 0.00585. The third-order valence-corrected chi connectivity index (χ3v) is 5.19. The number of oxime groups is 1. The summed E-state index contributed by atoms with van der Waals surface area (Å²) in [6.07, 6.45) is -1.14. The number of carbonyl (C=O) groups is 2. The van der Waals surface area contributed by atoms with Crippen LogP contribution < -0.4 is 9.64 Å². The van der Waals surface area contributed by atoms with Gasteiger partial charge in [0.05, 0.1) is 17.7 Å². The molecule has 0 spiro atoms. The number of nitro groups is 1. The highest BCUT2D eigenvalue weighted by Gasteiger charge is 2.57. The van der Waals surface area contributed by atoms with Gasteiger partial charge in [0.2, 0.25) is 12.0 Å². The van der Waals surface area contributed by atoms with Gasteiger partial charge in [0.15, 0.2) is 0 Å². The summed E-state index contributed by atoms with van der Waals surface area (Å²) in [5, 5.41) is 19.5. The van der Waals surface area contributed by atoms with Crippen molar-refractivity contribution in [1.82, 2.24) is 9.78 Å². The molecule has 2 aromatic rings. The maximum absolute atomic E-state index is 13.3. The molecule has 0 saturated carbocycles. The lowest BCUT2D eigenvalue weighted by Crippen LogP contribution is -2.33. The maximum Gasteiger partial charge on any atom is 0.279 e. The van der Waals surface area contributed by atoms with Crippen molar-refractivity contribution < 1.29 is 24.1 Å². The molecule has 2 amide bonds. The number of rotatable bonds is 4. The molecule has 0 N–H and O–H groups in total. The van der Waals surface area contributed by atoms with E-state index in [1.807, 2.05) is 6.92 Å². The monoisotopic (exact) mass is 399 g/mol. The van der Waals surface area contributed by atoms with E-state index in [0.717, 1.165) is 16.7 Å². The Balaban J connectivity index is 1.79. The molecule has 0 aliphatic carbocycles. The Morgan fingerprint density at radius 3 is 2.55 bits per heavy atom. The van der Waals surface area contributed by atoms with Crippen LogP contribution in [0, 0.1) is 29.9 Å². The van der Waals surface area contributed by atoms with E-state index >= 15 is 0 Å². The number of anilines is 1. The van der Waals surface area contributed by atoms with Gasteiger partial charge in [-0.1, -0.05) is 5.16 Å². The van der Waals surface area contributed by atoms with E-state index in [2.05, 4.69) is 10.3 Å². The summed E-state index contributed by atoms with van der Waals surface area (Å²) in [6, 6.07) is 3.71. The quantitative estimate of drug-likeness (QED) is 0.430. The SMILES string of the molecule is COc1ccc([N+](=O)[O-])cc1N1C(=O)C2ON=C(c3c(C)nn(C)c3C)C2C1=O. The summed E-state index contributed by atoms with van der Waals surface area (Å²) in [4.78, 5) is 43.0. The van der Waals surface area contributed by atoms with E-state index in [-0.39, 0.29) is 17.1 Å². The zero-order valence-corrected chi connectivity index (χ0v) is 16.1. The van der Waals surface area contributed by atoms with Crippen LogP contribution in [-0.4, -0.2) is 45.4 Å². The standard InChI is InChI=1S/C18H17N5O6/c1-8-13(9(2)21(3)19-8)15-14-16(29-20-15)18(25)22(17(14)24)11-7-10(23(26)27)5-6-12(11)28-4/h5-7,14,16H,1-4H3. The van der Waals surface area contributed by atoms with Gasteiger partial charge in [-0.25, -0.2) is 4.90 Å². The van der Waals surface area contributed by atoms with Crippen LogP contribution in [0.15, 0.2) is 23.4 Å². The number of hydrogen-bond donors (Lipinski definition) is 0. The van der Waals surface area contributed by atoms with E-state index in [1.165, 1.54) is 19.2 Å². The smallest absolute Gasteiger partial charge is 0.279 e. The van der Waals surface area contributed by atoms with E-state index < -0.39 is 28.8 Å². The number of non-ortho nitro benzene ring substituents is 1. The van der Waals surface area contributed by atoms with Crippen molar-refractivity contribution >= 4 is 28.9 Å². The van der Waals surface area contributed by atoms with Gasteiger partial charge >= 0.3 is 0 Å². The number of aryl methyl sites for hydroxylation is 2.